The van der Waals surface area contributed by atoms with E-state index in [1.165, 1.54) is 4.70 Å². The normalized spacial score (nSPS) is 10.8. The Kier molecular flexibility index (Phi) is 3.19. The Labute approximate surface area is 105 Å². The summed E-state index contributed by atoms with van der Waals surface area (Å²) >= 11 is 10.1. The van der Waals surface area contributed by atoms with Gasteiger partial charge in [-0.3, -0.25) is 0 Å². The van der Waals surface area contributed by atoms with Gasteiger partial charge in [-0.1, -0.05) is 11.6 Å². The van der Waals surface area contributed by atoms with Crippen molar-refractivity contribution in [2.45, 2.75) is 6.92 Å². The smallest absolute Gasteiger partial charge is 0.135 e. The van der Waals surface area contributed by atoms with Crippen molar-refractivity contribution in [2.75, 3.05) is 6.61 Å². The Morgan fingerprint density at radius 3 is 3.07 bits per heavy atom. The molecule has 0 aliphatic carbocycles. The summed E-state index contributed by atoms with van der Waals surface area (Å²) in [4.78, 5) is 0. The van der Waals surface area contributed by atoms with Gasteiger partial charge in [0, 0.05) is 10.1 Å². The second-order valence-electron chi connectivity index (χ2n) is 2.77. The molecular weight excluding hydrogens is 331 g/mol. The fourth-order valence-corrected chi connectivity index (χ4v) is 3.02. The van der Waals surface area contributed by atoms with E-state index in [9.17, 15) is 0 Å². The van der Waals surface area contributed by atoms with Gasteiger partial charge < -0.3 is 4.74 Å². The fourth-order valence-electron chi connectivity index (χ4n) is 1.28. The van der Waals surface area contributed by atoms with Gasteiger partial charge in [-0.25, -0.2) is 0 Å². The van der Waals surface area contributed by atoms with Crippen LogP contribution >= 0.6 is 45.5 Å². The first-order valence-corrected chi connectivity index (χ1v) is 6.55. The monoisotopic (exact) mass is 338 g/mol. The maximum absolute atomic E-state index is 6.23. The molecule has 0 amide bonds. The van der Waals surface area contributed by atoms with E-state index in [0.29, 0.717) is 6.61 Å². The zero-order valence-corrected chi connectivity index (χ0v) is 11.2. The van der Waals surface area contributed by atoms with Crippen molar-refractivity contribution < 1.29 is 4.74 Å². The molecule has 1 heterocycles. The van der Waals surface area contributed by atoms with Crippen LogP contribution in [-0.4, -0.2) is 6.61 Å². The molecule has 1 aromatic carbocycles. The molecule has 1 aromatic heterocycles. The quantitative estimate of drug-likeness (QED) is 0.730. The number of hydrogen-bond acceptors (Lipinski definition) is 2. The summed E-state index contributed by atoms with van der Waals surface area (Å²) in [6.45, 7) is 2.64. The number of hydrogen-bond donors (Lipinski definition) is 0. The largest absolute Gasteiger partial charge is 0.493 e. The molecule has 1 nitrogen and oxygen atoms in total. The summed E-state index contributed by atoms with van der Waals surface area (Å²) < 4.78 is 7.69. The Bertz CT molecular complexity index is 466. The van der Waals surface area contributed by atoms with Crippen molar-refractivity contribution in [3.05, 3.63) is 26.1 Å². The van der Waals surface area contributed by atoms with E-state index in [2.05, 4.69) is 28.7 Å². The Morgan fingerprint density at radius 1 is 1.57 bits per heavy atom. The summed E-state index contributed by atoms with van der Waals surface area (Å²) in [7, 11) is 0. The van der Waals surface area contributed by atoms with Gasteiger partial charge in [-0.05, 0) is 47.0 Å². The van der Waals surface area contributed by atoms with Crippen molar-refractivity contribution in [3.63, 3.8) is 0 Å². The molecule has 0 fully saturated rings. The number of benzene rings is 1. The molecule has 4 heteroatoms. The summed E-state index contributed by atoms with van der Waals surface area (Å²) in [5.41, 5.74) is 0. The van der Waals surface area contributed by atoms with Crippen molar-refractivity contribution in [2.24, 2.45) is 0 Å². The highest BCUT2D eigenvalue weighted by molar-refractivity contribution is 14.1. The van der Waals surface area contributed by atoms with Crippen LogP contribution in [0.25, 0.3) is 10.1 Å². The molecular formula is C10H8ClIOS. The van der Waals surface area contributed by atoms with Crippen LogP contribution in [-0.2, 0) is 0 Å². The molecule has 0 atom stereocenters. The van der Waals surface area contributed by atoms with E-state index in [1.54, 1.807) is 11.3 Å². The molecule has 0 saturated carbocycles. The Balaban J connectivity index is 2.67. The zero-order valence-electron chi connectivity index (χ0n) is 7.51. The molecule has 14 heavy (non-hydrogen) atoms. The van der Waals surface area contributed by atoms with E-state index in [4.69, 9.17) is 16.3 Å². The third-order valence-electron chi connectivity index (χ3n) is 1.90. The fraction of sp³-hybridized carbons (Fsp3) is 0.200. The minimum absolute atomic E-state index is 0.670. The van der Waals surface area contributed by atoms with Crippen LogP contribution in [0.4, 0.5) is 0 Å². The van der Waals surface area contributed by atoms with Crippen molar-refractivity contribution in [3.8, 4) is 5.75 Å². The molecule has 2 aromatic rings. The SMILES string of the molecule is CCOc1cc2sccc2c(Cl)c1I. The first-order valence-electron chi connectivity index (χ1n) is 4.22. The lowest BCUT2D eigenvalue weighted by molar-refractivity contribution is 0.338. The molecule has 0 aliphatic heterocycles. The Morgan fingerprint density at radius 2 is 2.36 bits per heavy atom. The molecule has 0 radical (unpaired) electrons. The minimum atomic E-state index is 0.670. The van der Waals surface area contributed by atoms with E-state index in [1.807, 2.05) is 18.4 Å². The summed E-state index contributed by atoms with van der Waals surface area (Å²) in [5, 5.41) is 3.96. The van der Waals surface area contributed by atoms with Crippen LogP contribution < -0.4 is 4.74 Å². The van der Waals surface area contributed by atoms with Gasteiger partial charge in [-0.2, -0.15) is 0 Å². The Hall–Kier alpha value is -0.000000000000000111. The first-order chi connectivity index (χ1) is 6.74. The van der Waals surface area contributed by atoms with E-state index < -0.39 is 0 Å². The van der Waals surface area contributed by atoms with Gasteiger partial charge >= 0.3 is 0 Å². The average Bonchev–Trinajstić information content (AvgIpc) is 2.62. The van der Waals surface area contributed by atoms with Gasteiger partial charge in [0.1, 0.15) is 5.75 Å². The number of fused-ring (bicyclic) bond motifs is 1. The van der Waals surface area contributed by atoms with Crippen LogP contribution in [0.1, 0.15) is 6.92 Å². The van der Waals surface area contributed by atoms with Crippen molar-refractivity contribution >= 4 is 55.6 Å². The van der Waals surface area contributed by atoms with E-state index in [0.717, 1.165) is 19.7 Å². The van der Waals surface area contributed by atoms with Gasteiger partial charge in [0.2, 0.25) is 0 Å². The second kappa shape index (κ2) is 4.24. The average molecular weight is 339 g/mol. The molecule has 0 spiro atoms. The number of halogens is 2. The van der Waals surface area contributed by atoms with Gasteiger partial charge in [0.05, 0.1) is 15.2 Å². The molecule has 0 N–H and O–H groups in total. The van der Waals surface area contributed by atoms with Crippen LogP contribution in [0.5, 0.6) is 5.75 Å². The third-order valence-corrected chi connectivity index (χ3v) is 4.55. The van der Waals surface area contributed by atoms with Crippen molar-refractivity contribution in [1.82, 2.24) is 0 Å². The first kappa shape index (κ1) is 10.5. The summed E-state index contributed by atoms with van der Waals surface area (Å²) in [6.07, 6.45) is 0. The standard InChI is InChI=1S/C10H8ClIOS/c1-2-13-7-5-8-6(3-4-14-8)9(11)10(7)12/h3-5H,2H2,1H3. The van der Waals surface area contributed by atoms with E-state index >= 15 is 0 Å². The lowest BCUT2D eigenvalue weighted by atomic mass is 10.2. The lowest BCUT2D eigenvalue weighted by Crippen LogP contribution is -1.94. The van der Waals surface area contributed by atoms with Gasteiger partial charge in [-0.15, -0.1) is 11.3 Å². The zero-order chi connectivity index (χ0) is 10.1. The third kappa shape index (κ3) is 1.73. The highest BCUT2D eigenvalue weighted by Crippen LogP contribution is 2.37. The van der Waals surface area contributed by atoms with Crippen molar-refractivity contribution in [1.29, 1.82) is 0 Å². The predicted octanol–water partition coefficient (Wildman–Crippen LogP) is 4.56. The topological polar surface area (TPSA) is 9.23 Å². The number of ether oxygens (including phenoxy) is 1. The highest BCUT2D eigenvalue weighted by atomic mass is 127. The van der Waals surface area contributed by atoms with Crippen LogP contribution in [0.15, 0.2) is 17.5 Å². The number of rotatable bonds is 2. The molecule has 2 rings (SSSR count). The number of thiophene rings is 1. The van der Waals surface area contributed by atoms with Gasteiger partial charge in [0.25, 0.3) is 0 Å². The highest BCUT2D eigenvalue weighted by Gasteiger charge is 2.10. The summed E-state index contributed by atoms with van der Waals surface area (Å²) in [5.74, 6) is 0.882. The van der Waals surface area contributed by atoms with Crippen LogP contribution in [0.3, 0.4) is 0 Å². The molecule has 0 unspecified atom stereocenters. The van der Waals surface area contributed by atoms with E-state index in [-0.39, 0.29) is 0 Å². The van der Waals surface area contributed by atoms with Gasteiger partial charge in [0.15, 0.2) is 0 Å². The molecule has 0 saturated heterocycles. The lowest BCUT2D eigenvalue weighted by Gasteiger charge is -2.07. The van der Waals surface area contributed by atoms with Crippen LogP contribution in [0, 0.1) is 3.57 Å². The second-order valence-corrected chi connectivity index (χ2v) is 5.17. The maximum Gasteiger partial charge on any atom is 0.135 e. The summed E-state index contributed by atoms with van der Waals surface area (Å²) in [6, 6.07) is 4.09. The maximum atomic E-state index is 6.23. The van der Waals surface area contributed by atoms with Crippen LogP contribution in [0.2, 0.25) is 5.02 Å². The minimum Gasteiger partial charge on any atom is -0.493 e. The molecule has 74 valence electrons. The predicted molar refractivity (Wildman–Crippen MR) is 70.7 cm³/mol. The molecule has 0 aliphatic rings. The molecule has 0 bridgehead atoms.